The van der Waals surface area contributed by atoms with Gasteiger partial charge in [-0.05, 0) is 37.5 Å². The topological polar surface area (TPSA) is 20.2 Å². The number of benzene rings is 1. The van der Waals surface area contributed by atoms with Gasteiger partial charge < -0.3 is 5.11 Å². The van der Waals surface area contributed by atoms with E-state index < -0.39 is 23.7 Å². The Morgan fingerprint density at radius 2 is 1.90 bits per heavy atom. The van der Waals surface area contributed by atoms with E-state index in [0.717, 1.165) is 25.3 Å². The third kappa shape index (κ3) is 4.96. The van der Waals surface area contributed by atoms with Crippen molar-refractivity contribution < 1.29 is 22.7 Å². The van der Waals surface area contributed by atoms with E-state index in [4.69, 9.17) is 0 Å². The highest BCUT2D eigenvalue weighted by Gasteiger charge is 2.31. The molecule has 1 aromatic rings. The summed E-state index contributed by atoms with van der Waals surface area (Å²) < 4.78 is 51.1. The molecule has 0 bridgehead atoms. The highest BCUT2D eigenvalue weighted by molar-refractivity contribution is 5.28. The SMILES string of the molecule is C=CCCCCCC(O)c1cc(C(F)(F)F)ccc1F. The van der Waals surface area contributed by atoms with Crippen LogP contribution in [0.1, 0.15) is 49.3 Å². The monoisotopic (exact) mass is 290 g/mol. The zero-order chi connectivity index (χ0) is 15.2. The lowest BCUT2D eigenvalue weighted by molar-refractivity contribution is -0.137. The summed E-state index contributed by atoms with van der Waals surface area (Å²) in [5, 5.41) is 9.82. The van der Waals surface area contributed by atoms with E-state index in [9.17, 15) is 22.7 Å². The number of aliphatic hydroxyl groups is 1. The van der Waals surface area contributed by atoms with E-state index in [2.05, 4.69) is 6.58 Å². The van der Waals surface area contributed by atoms with E-state index in [0.29, 0.717) is 18.6 Å². The molecule has 0 amide bonds. The largest absolute Gasteiger partial charge is 0.416 e. The van der Waals surface area contributed by atoms with Crippen LogP contribution in [0.5, 0.6) is 0 Å². The summed E-state index contributed by atoms with van der Waals surface area (Å²) in [5.74, 6) is -0.809. The van der Waals surface area contributed by atoms with Crippen LogP contribution in [-0.2, 0) is 6.18 Å². The van der Waals surface area contributed by atoms with Crippen LogP contribution in [0.15, 0.2) is 30.9 Å². The number of allylic oxidation sites excluding steroid dienone is 1. The van der Waals surface area contributed by atoms with Crippen LogP contribution >= 0.6 is 0 Å². The van der Waals surface area contributed by atoms with Gasteiger partial charge in [-0.15, -0.1) is 6.58 Å². The Labute approximate surface area is 115 Å². The van der Waals surface area contributed by atoms with Crippen molar-refractivity contribution in [3.8, 4) is 0 Å². The number of unbranched alkanes of at least 4 members (excludes halogenated alkanes) is 3. The molecule has 5 heteroatoms. The normalized spacial score (nSPS) is 13.2. The predicted octanol–water partition coefficient (Wildman–Crippen LogP) is 5.01. The van der Waals surface area contributed by atoms with Gasteiger partial charge in [0.25, 0.3) is 0 Å². The van der Waals surface area contributed by atoms with Gasteiger partial charge in [0.2, 0.25) is 0 Å². The lowest BCUT2D eigenvalue weighted by Crippen LogP contribution is -2.08. The van der Waals surface area contributed by atoms with Gasteiger partial charge in [-0.1, -0.05) is 18.9 Å². The maximum absolute atomic E-state index is 13.5. The van der Waals surface area contributed by atoms with Crippen molar-refractivity contribution in [3.63, 3.8) is 0 Å². The van der Waals surface area contributed by atoms with Crippen molar-refractivity contribution in [3.05, 3.63) is 47.8 Å². The smallest absolute Gasteiger partial charge is 0.388 e. The Bertz CT molecular complexity index is 440. The Morgan fingerprint density at radius 3 is 2.50 bits per heavy atom. The summed E-state index contributed by atoms with van der Waals surface area (Å²) >= 11 is 0. The molecule has 0 aliphatic carbocycles. The van der Waals surface area contributed by atoms with Crippen molar-refractivity contribution >= 4 is 0 Å². The van der Waals surface area contributed by atoms with Crippen LogP contribution in [0.25, 0.3) is 0 Å². The highest BCUT2D eigenvalue weighted by Crippen LogP contribution is 2.32. The van der Waals surface area contributed by atoms with Gasteiger partial charge in [-0.3, -0.25) is 0 Å². The molecule has 1 N–H and O–H groups in total. The van der Waals surface area contributed by atoms with Gasteiger partial charge in [-0.2, -0.15) is 13.2 Å². The summed E-state index contributed by atoms with van der Waals surface area (Å²) in [6, 6.07) is 2.11. The number of rotatable bonds is 7. The summed E-state index contributed by atoms with van der Waals surface area (Å²) in [7, 11) is 0. The second-order valence-electron chi connectivity index (χ2n) is 4.68. The second-order valence-corrected chi connectivity index (χ2v) is 4.68. The molecule has 0 fully saturated rings. The number of hydrogen-bond donors (Lipinski definition) is 1. The molecule has 1 rings (SSSR count). The van der Waals surface area contributed by atoms with Gasteiger partial charge >= 0.3 is 6.18 Å². The average Bonchev–Trinajstić information content (AvgIpc) is 2.37. The molecule has 112 valence electrons. The molecule has 1 aromatic carbocycles. The first-order chi connectivity index (χ1) is 9.36. The molecular weight excluding hydrogens is 272 g/mol. The van der Waals surface area contributed by atoms with E-state index in [-0.39, 0.29) is 12.0 Å². The third-order valence-electron chi connectivity index (χ3n) is 3.07. The fourth-order valence-corrected chi connectivity index (χ4v) is 1.93. The van der Waals surface area contributed by atoms with Gasteiger partial charge in [0.05, 0.1) is 11.7 Å². The fourth-order valence-electron chi connectivity index (χ4n) is 1.93. The van der Waals surface area contributed by atoms with Crippen LogP contribution in [0.2, 0.25) is 0 Å². The molecular formula is C15H18F4O. The van der Waals surface area contributed by atoms with Gasteiger partial charge in [-0.25, -0.2) is 4.39 Å². The molecule has 1 unspecified atom stereocenters. The summed E-state index contributed by atoms with van der Waals surface area (Å²) in [5.41, 5.74) is -1.23. The lowest BCUT2D eigenvalue weighted by atomic mass is 10.00. The zero-order valence-corrected chi connectivity index (χ0v) is 11.1. The first-order valence-corrected chi connectivity index (χ1v) is 6.52. The van der Waals surface area contributed by atoms with E-state index in [1.807, 2.05) is 0 Å². The van der Waals surface area contributed by atoms with Crippen LogP contribution in [0.4, 0.5) is 17.6 Å². The summed E-state index contributed by atoms with van der Waals surface area (Å²) in [6.07, 6.45) is -0.505. The van der Waals surface area contributed by atoms with Crippen molar-refractivity contribution in [1.29, 1.82) is 0 Å². The Hall–Kier alpha value is -1.36. The van der Waals surface area contributed by atoms with Crippen molar-refractivity contribution in [2.75, 3.05) is 0 Å². The van der Waals surface area contributed by atoms with Crippen molar-refractivity contribution in [1.82, 2.24) is 0 Å². The minimum Gasteiger partial charge on any atom is -0.388 e. The highest BCUT2D eigenvalue weighted by atomic mass is 19.4. The van der Waals surface area contributed by atoms with Crippen molar-refractivity contribution in [2.24, 2.45) is 0 Å². The van der Waals surface area contributed by atoms with Gasteiger partial charge in [0.15, 0.2) is 0 Å². The van der Waals surface area contributed by atoms with Crippen LogP contribution in [0, 0.1) is 5.82 Å². The minimum atomic E-state index is -4.54. The maximum atomic E-state index is 13.5. The third-order valence-corrected chi connectivity index (χ3v) is 3.07. The zero-order valence-electron chi connectivity index (χ0n) is 11.1. The van der Waals surface area contributed by atoms with E-state index in [1.54, 1.807) is 6.08 Å². The molecule has 0 radical (unpaired) electrons. The molecule has 1 atom stereocenters. The quantitative estimate of drug-likeness (QED) is 0.425. The first-order valence-electron chi connectivity index (χ1n) is 6.52. The fraction of sp³-hybridized carbons (Fsp3) is 0.467. The number of halogens is 4. The summed E-state index contributed by atoms with van der Waals surface area (Å²) in [4.78, 5) is 0. The van der Waals surface area contributed by atoms with Crippen LogP contribution in [-0.4, -0.2) is 5.11 Å². The Morgan fingerprint density at radius 1 is 1.20 bits per heavy atom. The van der Waals surface area contributed by atoms with Crippen LogP contribution < -0.4 is 0 Å². The minimum absolute atomic E-state index is 0.245. The van der Waals surface area contributed by atoms with Crippen molar-refractivity contribution in [2.45, 2.75) is 44.4 Å². The molecule has 20 heavy (non-hydrogen) atoms. The number of aliphatic hydroxyl groups excluding tert-OH is 1. The Kier molecular flexibility index (Phi) is 6.20. The molecule has 0 heterocycles. The Balaban J connectivity index is 2.67. The second kappa shape index (κ2) is 7.43. The number of alkyl halides is 3. The molecule has 0 aromatic heterocycles. The molecule has 0 spiro atoms. The molecule has 0 saturated heterocycles. The average molecular weight is 290 g/mol. The predicted molar refractivity (Wildman–Crippen MR) is 69.6 cm³/mol. The number of hydrogen-bond acceptors (Lipinski definition) is 1. The first kappa shape index (κ1) is 16.7. The molecule has 0 aliphatic rings. The van der Waals surface area contributed by atoms with E-state index >= 15 is 0 Å². The molecule has 0 saturated carbocycles. The maximum Gasteiger partial charge on any atom is 0.416 e. The summed E-state index contributed by atoms with van der Waals surface area (Å²) in [6.45, 7) is 3.58. The van der Waals surface area contributed by atoms with Crippen LogP contribution in [0.3, 0.4) is 0 Å². The standard InChI is InChI=1S/C15H18F4O/c1-2-3-4-5-6-7-14(20)12-10-11(15(17,18)19)8-9-13(12)16/h2,8-10,14,20H,1,3-7H2. The van der Waals surface area contributed by atoms with Gasteiger partial charge in [0.1, 0.15) is 5.82 Å². The van der Waals surface area contributed by atoms with E-state index in [1.165, 1.54) is 0 Å². The lowest BCUT2D eigenvalue weighted by Gasteiger charge is -2.14. The molecule has 1 nitrogen and oxygen atoms in total. The van der Waals surface area contributed by atoms with Gasteiger partial charge in [0, 0.05) is 5.56 Å². The molecule has 0 aliphatic heterocycles.